The van der Waals surface area contributed by atoms with Crippen molar-refractivity contribution in [2.24, 2.45) is 0 Å². The number of hydrogen-bond donors (Lipinski definition) is 0. The van der Waals surface area contributed by atoms with Gasteiger partial charge < -0.3 is 0 Å². The Morgan fingerprint density at radius 3 is 2.68 bits per heavy atom. The molecule has 3 aromatic rings. The maximum Gasteiger partial charge on any atom is 0.265 e. The lowest BCUT2D eigenvalue weighted by atomic mass is 9.94. The molecule has 0 amide bonds. The van der Waals surface area contributed by atoms with E-state index < -0.39 is 10.0 Å². The number of ketones is 1. The van der Waals surface area contributed by atoms with Crippen LogP contribution in [0.5, 0.6) is 0 Å². The van der Waals surface area contributed by atoms with Crippen molar-refractivity contribution in [3.05, 3.63) is 82.8 Å². The summed E-state index contributed by atoms with van der Waals surface area (Å²) >= 11 is 6.00. The number of aromatic nitrogens is 2. The van der Waals surface area contributed by atoms with Gasteiger partial charge in [0.1, 0.15) is 5.78 Å². The first-order valence-corrected chi connectivity index (χ1v) is 11.9. The Kier molecular flexibility index (Phi) is 6.07. The summed E-state index contributed by atoms with van der Waals surface area (Å²) in [5.74, 6) is 0.00901. The van der Waals surface area contributed by atoms with Crippen molar-refractivity contribution in [2.45, 2.75) is 37.0 Å². The largest absolute Gasteiger partial charge is 0.299 e. The Morgan fingerprint density at radius 1 is 1.16 bits per heavy atom. The van der Waals surface area contributed by atoms with Crippen LogP contribution in [-0.4, -0.2) is 30.7 Å². The van der Waals surface area contributed by atoms with Gasteiger partial charge in [0.25, 0.3) is 10.0 Å². The maximum absolute atomic E-state index is 13.3. The highest BCUT2D eigenvalue weighted by molar-refractivity contribution is 7.92. The monoisotopic (exact) mass is 455 g/mol. The van der Waals surface area contributed by atoms with Gasteiger partial charge in [0, 0.05) is 23.7 Å². The van der Waals surface area contributed by atoms with Crippen molar-refractivity contribution in [1.82, 2.24) is 9.97 Å². The summed E-state index contributed by atoms with van der Waals surface area (Å²) in [5, 5.41) is 0.346. The van der Waals surface area contributed by atoms with Crippen molar-refractivity contribution in [3.8, 4) is 0 Å². The fraction of sp³-hybridized carbons (Fsp3) is 0.261. The normalized spacial score (nSPS) is 14.7. The van der Waals surface area contributed by atoms with Crippen LogP contribution < -0.4 is 4.31 Å². The minimum absolute atomic E-state index is 0.000470. The Labute approximate surface area is 187 Å². The van der Waals surface area contributed by atoms with Gasteiger partial charge in [-0.1, -0.05) is 54.9 Å². The molecule has 0 unspecified atom stereocenters. The van der Waals surface area contributed by atoms with Gasteiger partial charge in [0.15, 0.2) is 5.82 Å². The molecule has 1 atom stereocenters. The number of Topliss-reactive ketones (excluding diaryl/α,β-unsaturated/α-hetero) is 1. The lowest BCUT2D eigenvalue weighted by molar-refractivity contribution is -0.119. The zero-order chi connectivity index (χ0) is 22.0. The molecule has 1 aromatic heterocycles. The number of nitrogens with zero attached hydrogens (tertiary/aromatic N) is 3. The van der Waals surface area contributed by atoms with Crippen LogP contribution in [0.15, 0.2) is 65.7 Å². The third-order valence-corrected chi connectivity index (χ3v) is 7.43. The Morgan fingerprint density at radius 2 is 1.94 bits per heavy atom. The molecule has 160 valence electrons. The number of halogens is 1. The summed E-state index contributed by atoms with van der Waals surface area (Å²) < 4.78 is 27.8. The molecule has 6 nitrogen and oxygen atoms in total. The van der Waals surface area contributed by atoms with Gasteiger partial charge in [-0.15, -0.1) is 0 Å². The second-order valence-electron chi connectivity index (χ2n) is 7.55. The van der Waals surface area contributed by atoms with Crippen LogP contribution in [0.1, 0.15) is 36.2 Å². The summed E-state index contributed by atoms with van der Waals surface area (Å²) in [6.07, 6.45) is 2.94. The van der Waals surface area contributed by atoms with Crippen molar-refractivity contribution in [2.75, 3.05) is 10.8 Å². The fourth-order valence-corrected chi connectivity index (χ4v) is 5.42. The van der Waals surface area contributed by atoms with Crippen LogP contribution in [0.4, 0.5) is 5.82 Å². The van der Waals surface area contributed by atoms with E-state index >= 15 is 0 Å². The molecule has 0 bridgehead atoms. The van der Waals surface area contributed by atoms with Gasteiger partial charge >= 0.3 is 0 Å². The first-order valence-electron chi connectivity index (χ1n) is 10.1. The summed E-state index contributed by atoms with van der Waals surface area (Å²) in [6.45, 7) is 2.16. The first kappa shape index (κ1) is 21.5. The number of anilines is 1. The molecule has 31 heavy (non-hydrogen) atoms. The Hall–Kier alpha value is -2.77. The van der Waals surface area contributed by atoms with Crippen molar-refractivity contribution >= 4 is 33.2 Å². The van der Waals surface area contributed by atoms with Gasteiger partial charge in [-0.3, -0.25) is 9.78 Å². The molecule has 0 fully saturated rings. The number of carbonyl (C=O) groups excluding carboxylic acids is 1. The lowest BCUT2D eigenvalue weighted by Crippen LogP contribution is -2.37. The highest BCUT2D eigenvalue weighted by atomic mass is 35.5. The van der Waals surface area contributed by atoms with E-state index in [0.29, 0.717) is 41.6 Å². The molecule has 0 aliphatic carbocycles. The summed E-state index contributed by atoms with van der Waals surface area (Å²) in [6, 6.07) is 15.7. The standard InChI is InChI=1S/C23H22ClN3O3S/c1-16(17-7-3-2-4-8-17)22(28)14-19-15-25-21-11-6-12-27(23(21)26-19)31(29,30)20-10-5-9-18(24)13-20/h2-5,7-10,13,15-16H,6,11-12,14H2,1H3/t16-/m0/s1. The van der Waals surface area contributed by atoms with E-state index in [1.807, 2.05) is 37.3 Å². The molecule has 0 radical (unpaired) electrons. The molecule has 8 heteroatoms. The topological polar surface area (TPSA) is 80.2 Å². The Balaban J connectivity index is 1.63. The maximum atomic E-state index is 13.3. The second-order valence-corrected chi connectivity index (χ2v) is 9.84. The third kappa shape index (κ3) is 4.48. The highest BCUT2D eigenvalue weighted by Crippen LogP contribution is 2.30. The fourth-order valence-electron chi connectivity index (χ4n) is 3.64. The molecular formula is C23H22ClN3O3S. The highest BCUT2D eigenvalue weighted by Gasteiger charge is 2.31. The van der Waals surface area contributed by atoms with Crippen molar-refractivity contribution in [3.63, 3.8) is 0 Å². The predicted molar refractivity (Wildman–Crippen MR) is 120 cm³/mol. The van der Waals surface area contributed by atoms with Crippen LogP contribution in [-0.2, 0) is 27.7 Å². The van der Waals surface area contributed by atoms with Crippen LogP contribution in [0.3, 0.4) is 0 Å². The number of carbonyl (C=O) groups is 1. The number of sulfonamides is 1. The third-order valence-electron chi connectivity index (χ3n) is 5.41. The Bertz CT molecular complexity index is 1220. The summed E-state index contributed by atoms with van der Waals surface area (Å²) in [5.41, 5.74) is 2.01. The molecule has 0 N–H and O–H groups in total. The number of aryl methyl sites for hydroxylation is 1. The summed E-state index contributed by atoms with van der Waals surface area (Å²) in [4.78, 5) is 21.9. The average molecular weight is 456 g/mol. The minimum Gasteiger partial charge on any atom is -0.299 e. The molecule has 1 aliphatic rings. The van der Waals surface area contributed by atoms with E-state index in [2.05, 4.69) is 9.97 Å². The van der Waals surface area contributed by atoms with Gasteiger partial charge in [-0.2, -0.15) is 0 Å². The first-order chi connectivity index (χ1) is 14.9. The molecule has 2 heterocycles. The van der Waals surface area contributed by atoms with Crippen molar-refractivity contribution < 1.29 is 13.2 Å². The van der Waals surface area contributed by atoms with Crippen molar-refractivity contribution in [1.29, 1.82) is 0 Å². The van der Waals surface area contributed by atoms with Crippen LogP contribution in [0.2, 0.25) is 5.02 Å². The smallest absolute Gasteiger partial charge is 0.265 e. The van der Waals surface area contributed by atoms with Crippen LogP contribution >= 0.6 is 11.6 Å². The molecule has 4 rings (SSSR count). The zero-order valence-electron chi connectivity index (χ0n) is 17.0. The molecule has 2 aromatic carbocycles. The van der Waals surface area contributed by atoms with E-state index in [0.717, 1.165) is 5.56 Å². The molecular weight excluding hydrogens is 434 g/mol. The lowest BCUT2D eigenvalue weighted by Gasteiger charge is -2.29. The van der Waals surface area contributed by atoms with Gasteiger partial charge in [0.2, 0.25) is 0 Å². The van der Waals surface area contributed by atoms with E-state index in [1.165, 1.54) is 16.4 Å². The molecule has 0 saturated carbocycles. The average Bonchev–Trinajstić information content (AvgIpc) is 2.78. The number of benzene rings is 2. The van der Waals surface area contributed by atoms with E-state index in [-0.39, 0.29) is 23.0 Å². The van der Waals surface area contributed by atoms with E-state index in [1.54, 1.807) is 18.3 Å². The summed E-state index contributed by atoms with van der Waals surface area (Å²) in [7, 11) is -3.84. The molecule has 0 spiro atoms. The van der Waals surface area contributed by atoms with E-state index in [9.17, 15) is 13.2 Å². The number of rotatable bonds is 6. The van der Waals surface area contributed by atoms with Gasteiger partial charge in [-0.05, 0) is 36.6 Å². The molecule has 0 saturated heterocycles. The van der Waals surface area contributed by atoms with Gasteiger partial charge in [-0.25, -0.2) is 17.7 Å². The van der Waals surface area contributed by atoms with Gasteiger partial charge in [0.05, 0.1) is 22.7 Å². The van der Waals surface area contributed by atoms with Crippen LogP contribution in [0, 0.1) is 0 Å². The second kappa shape index (κ2) is 8.77. The number of fused-ring (bicyclic) bond motifs is 1. The van der Waals surface area contributed by atoms with Crippen LogP contribution in [0.25, 0.3) is 0 Å². The SMILES string of the molecule is C[C@H](C(=O)Cc1cnc2c(n1)N(S(=O)(=O)c1cccc(Cl)c1)CCC2)c1ccccc1. The predicted octanol–water partition coefficient (Wildman–Crippen LogP) is 4.19. The van der Waals surface area contributed by atoms with E-state index in [4.69, 9.17) is 11.6 Å². The number of hydrogen-bond acceptors (Lipinski definition) is 5. The minimum atomic E-state index is -3.84. The molecule has 1 aliphatic heterocycles. The quantitative estimate of drug-likeness (QED) is 0.556. The zero-order valence-corrected chi connectivity index (χ0v) is 18.6.